The Bertz CT molecular complexity index is 406. The Morgan fingerprint density at radius 2 is 2.33 bits per heavy atom. The van der Waals surface area contributed by atoms with Crippen LogP contribution >= 0.6 is 15.9 Å². The molecular formula is C11H13BrN2O. The van der Waals surface area contributed by atoms with Crippen LogP contribution in [0.4, 0.5) is 5.82 Å². The smallest absolute Gasteiger partial charge is 0.228 e. The third-order valence-electron chi connectivity index (χ3n) is 2.74. The van der Waals surface area contributed by atoms with Crippen LogP contribution in [0.2, 0.25) is 0 Å². The van der Waals surface area contributed by atoms with E-state index in [2.05, 4.69) is 33.2 Å². The molecule has 2 rings (SSSR count). The van der Waals surface area contributed by atoms with Gasteiger partial charge in [-0.05, 0) is 46.8 Å². The Kier molecular flexibility index (Phi) is 2.78. The van der Waals surface area contributed by atoms with Gasteiger partial charge in [0.2, 0.25) is 5.91 Å². The quantitative estimate of drug-likeness (QED) is 0.896. The van der Waals surface area contributed by atoms with E-state index in [4.69, 9.17) is 0 Å². The zero-order valence-electron chi connectivity index (χ0n) is 8.75. The van der Waals surface area contributed by atoms with Crippen molar-refractivity contribution in [1.82, 2.24) is 4.98 Å². The van der Waals surface area contributed by atoms with Crippen LogP contribution < -0.4 is 5.32 Å². The van der Waals surface area contributed by atoms with Gasteiger partial charge in [0.05, 0.1) is 0 Å². The van der Waals surface area contributed by atoms with E-state index >= 15 is 0 Å². The SMILES string of the molecule is Cc1cc(NC(=O)C2CC2C)ncc1Br. The summed E-state index contributed by atoms with van der Waals surface area (Å²) >= 11 is 3.37. The van der Waals surface area contributed by atoms with Gasteiger partial charge in [0.1, 0.15) is 5.82 Å². The highest BCUT2D eigenvalue weighted by molar-refractivity contribution is 9.10. The molecule has 4 heteroatoms. The normalized spacial score (nSPS) is 23.7. The largest absolute Gasteiger partial charge is 0.310 e. The van der Waals surface area contributed by atoms with E-state index in [1.54, 1.807) is 6.20 Å². The summed E-state index contributed by atoms with van der Waals surface area (Å²) in [6, 6.07) is 1.87. The average molecular weight is 269 g/mol. The van der Waals surface area contributed by atoms with Gasteiger partial charge < -0.3 is 5.32 Å². The molecule has 0 bridgehead atoms. The molecule has 0 spiro atoms. The van der Waals surface area contributed by atoms with Crippen molar-refractivity contribution in [2.75, 3.05) is 5.32 Å². The van der Waals surface area contributed by atoms with Crippen LogP contribution in [-0.4, -0.2) is 10.9 Å². The maximum atomic E-state index is 11.6. The maximum absolute atomic E-state index is 11.6. The number of carbonyl (C=O) groups is 1. The van der Waals surface area contributed by atoms with Crippen molar-refractivity contribution in [3.05, 3.63) is 22.3 Å². The molecular weight excluding hydrogens is 256 g/mol. The Morgan fingerprint density at radius 1 is 1.67 bits per heavy atom. The van der Waals surface area contributed by atoms with Crippen LogP contribution in [0.3, 0.4) is 0 Å². The first-order chi connectivity index (χ1) is 7.08. The van der Waals surface area contributed by atoms with Gasteiger partial charge in [-0.1, -0.05) is 6.92 Å². The maximum Gasteiger partial charge on any atom is 0.228 e. The first kappa shape index (κ1) is 10.6. The van der Waals surface area contributed by atoms with Gasteiger partial charge >= 0.3 is 0 Å². The number of nitrogens with zero attached hydrogens (tertiary/aromatic N) is 1. The number of aryl methyl sites for hydroxylation is 1. The topological polar surface area (TPSA) is 42.0 Å². The van der Waals surface area contributed by atoms with Crippen LogP contribution in [0.1, 0.15) is 18.9 Å². The minimum Gasteiger partial charge on any atom is -0.310 e. The summed E-state index contributed by atoms with van der Waals surface area (Å²) in [7, 11) is 0. The highest BCUT2D eigenvalue weighted by Gasteiger charge is 2.39. The number of halogens is 1. The van der Waals surface area contributed by atoms with Crippen LogP contribution in [0, 0.1) is 18.8 Å². The van der Waals surface area contributed by atoms with Gasteiger partial charge in [0.15, 0.2) is 0 Å². The first-order valence-electron chi connectivity index (χ1n) is 5.01. The fourth-order valence-corrected chi connectivity index (χ4v) is 1.73. The molecule has 1 saturated carbocycles. The summed E-state index contributed by atoms with van der Waals surface area (Å²) in [6.45, 7) is 4.06. The monoisotopic (exact) mass is 268 g/mol. The molecule has 0 radical (unpaired) electrons. The Balaban J connectivity index is 2.04. The number of anilines is 1. The number of carbonyl (C=O) groups excluding carboxylic acids is 1. The van der Waals surface area contributed by atoms with E-state index in [9.17, 15) is 4.79 Å². The Morgan fingerprint density at radius 3 is 2.87 bits per heavy atom. The molecule has 0 saturated heterocycles. The van der Waals surface area contributed by atoms with Crippen molar-refractivity contribution in [3.63, 3.8) is 0 Å². The van der Waals surface area contributed by atoms with Gasteiger partial charge in [0, 0.05) is 16.6 Å². The van der Waals surface area contributed by atoms with E-state index in [1.165, 1.54) is 0 Å². The van der Waals surface area contributed by atoms with Gasteiger partial charge in [-0.25, -0.2) is 4.98 Å². The number of rotatable bonds is 2. The van der Waals surface area contributed by atoms with Crippen LogP contribution in [0.25, 0.3) is 0 Å². The Hall–Kier alpha value is -0.900. The van der Waals surface area contributed by atoms with Crippen LogP contribution in [0.15, 0.2) is 16.7 Å². The first-order valence-corrected chi connectivity index (χ1v) is 5.80. The zero-order chi connectivity index (χ0) is 11.0. The highest BCUT2D eigenvalue weighted by atomic mass is 79.9. The van der Waals surface area contributed by atoms with Crippen molar-refractivity contribution in [2.45, 2.75) is 20.3 Å². The molecule has 1 aliphatic carbocycles. The van der Waals surface area contributed by atoms with E-state index in [-0.39, 0.29) is 11.8 Å². The lowest BCUT2D eigenvalue weighted by atomic mass is 10.3. The second kappa shape index (κ2) is 3.93. The summed E-state index contributed by atoms with van der Waals surface area (Å²) in [6.07, 6.45) is 2.71. The fourth-order valence-electron chi connectivity index (χ4n) is 1.51. The number of pyridine rings is 1. The second-order valence-corrected chi connectivity index (χ2v) is 4.98. The molecule has 1 heterocycles. The number of hydrogen-bond donors (Lipinski definition) is 1. The lowest BCUT2D eigenvalue weighted by Crippen LogP contribution is -2.15. The molecule has 1 aliphatic rings. The Labute approximate surface area is 97.4 Å². The predicted octanol–water partition coefficient (Wildman–Crippen LogP) is 2.75. The van der Waals surface area contributed by atoms with Crippen molar-refractivity contribution < 1.29 is 4.79 Å². The molecule has 2 atom stereocenters. The molecule has 0 aliphatic heterocycles. The number of amides is 1. The minimum absolute atomic E-state index is 0.0942. The molecule has 1 aromatic heterocycles. The van der Waals surface area contributed by atoms with Crippen molar-refractivity contribution in [1.29, 1.82) is 0 Å². The zero-order valence-corrected chi connectivity index (χ0v) is 10.3. The van der Waals surface area contributed by atoms with E-state index in [0.717, 1.165) is 16.5 Å². The third kappa shape index (κ3) is 2.37. The molecule has 1 fully saturated rings. The average Bonchev–Trinajstić information content (AvgIpc) is 2.89. The van der Waals surface area contributed by atoms with E-state index < -0.39 is 0 Å². The van der Waals surface area contributed by atoms with Gasteiger partial charge in [-0.15, -0.1) is 0 Å². The summed E-state index contributed by atoms with van der Waals surface area (Å²) in [5, 5.41) is 2.83. The molecule has 0 aromatic carbocycles. The molecule has 2 unspecified atom stereocenters. The number of nitrogens with one attached hydrogen (secondary N) is 1. The summed E-state index contributed by atoms with van der Waals surface area (Å²) in [5.74, 6) is 1.45. The highest BCUT2D eigenvalue weighted by Crippen LogP contribution is 2.38. The van der Waals surface area contributed by atoms with Crippen molar-refractivity contribution >= 4 is 27.7 Å². The predicted molar refractivity (Wildman–Crippen MR) is 62.6 cm³/mol. The molecule has 15 heavy (non-hydrogen) atoms. The standard InChI is InChI=1S/C11H13BrN2O/c1-6-3-8(6)11(15)14-10-4-7(2)9(12)5-13-10/h4-6,8H,3H2,1-2H3,(H,13,14,15). The number of aromatic nitrogens is 1. The molecule has 3 nitrogen and oxygen atoms in total. The summed E-state index contributed by atoms with van der Waals surface area (Å²) in [5.41, 5.74) is 1.07. The molecule has 80 valence electrons. The third-order valence-corrected chi connectivity index (χ3v) is 3.57. The molecule has 1 amide bonds. The molecule has 1 N–H and O–H groups in total. The van der Waals surface area contributed by atoms with Crippen molar-refractivity contribution in [3.8, 4) is 0 Å². The minimum atomic E-state index is 0.0942. The van der Waals surface area contributed by atoms with E-state index in [0.29, 0.717) is 11.7 Å². The molecule has 1 aromatic rings. The van der Waals surface area contributed by atoms with Crippen LogP contribution in [-0.2, 0) is 4.79 Å². The summed E-state index contributed by atoms with van der Waals surface area (Å²) in [4.78, 5) is 15.8. The fraction of sp³-hybridized carbons (Fsp3) is 0.455. The lowest BCUT2D eigenvalue weighted by molar-refractivity contribution is -0.117. The second-order valence-electron chi connectivity index (χ2n) is 4.13. The van der Waals surface area contributed by atoms with Gasteiger partial charge in [-0.3, -0.25) is 4.79 Å². The summed E-state index contributed by atoms with van der Waals surface area (Å²) < 4.78 is 0.959. The number of hydrogen-bond acceptors (Lipinski definition) is 2. The van der Waals surface area contributed by atoms with E-state index in [1.807, 2.05) is 13.0 Å². The van der Waals surface area contributed by atoms with Crippen LogP contribution in [0.5, 0.6) is 0 Å². The van der Waals surface area contributed by atoms with Gasteiger partial charge in [0.25, 0.3) is 0 Å². The van der Waals surface area contributed by atoms with Gasteiger partial charge in [-0.2, -0.15) is 0 Å². The van der Waals surface area contributed by atoms with Crippen molar-refractivity contribution in [2.24, 2.45) is 11.8 Å². The lowest BCUT2D eigenvalue weighted by Gasteiger charge is -2.05.